The van der Waals surface area contributed by atoms with E-state index in [4.69, 9.17) is 0 Å². The lowest BCUT2D eigenvalue weighted by molar-refractivity contribution is -0.134. The minimum absolute atomic E-state index is 0.104. The van der Waals surface area contributed by atoms with Crippen molar-refractivity contribution in [1.82, 2.24) is 29.8 Å². The van der Waals surface area contributed by atoms with Crippen molar-refractivity contribution >= 4 is 33.1 Å². The van der Waals surface area contributed by atoms with Crippen LogP contribution in [0.5, 0.6) is 0 Å². The average Bonchev–Trinajstić information content (AvgIpc) is 3.71. The number of halogens is 1. The highest BCUT2D eigenvalue weighted by molar-refractivity contribution is 7.19. The van der Waals surface area contributed by atoms with E-state index in [1.165, 1.54) is 43.0 Å². The molecule has 1 aliphatic carbocycles. The first-order chi connectivity index (χ1) is 18.2. The van der Waals surface area contributed by atoms with Gasteiger partial charge in [-0.05, 0) is 67.7 Å². The minimum atomic E-state index is -0.904. The van der Waals surface area contributed by atoms with E-state index in [-0.39, 0.29) is 18.0 Å². The molecule has 2 N–H and O–H groups in total. The summed E-state index contributed by atoms with van der Waals surface area (Å²) >= 11 is 1.90. The summed E-state index contributed by atoms with van der Waals surface area (Å²) in [6.07, 6.45) is 5.20. The molecular formula is C29H35FN6OS. The molecule has 2 bridgehead atoms. The highest BCUT2D eigenvalue weighted by atomic mass is 32.1. The van der Waals surface area contributed by atoms with Gasteiger partial charge in [0.25, 0.3) is 0 Å². The van der Waals surface area contributed by atoms with E-state index in [0.29, 0.717) is 30.7 Å². The van der Waals surface area contributed by atoms with Gasteiger partial charge in [0.05, 0.1) is 11.7 Å². The third-order valence-electron chi connectivity index (χ3n) is 9.47. The van der Waals surface area contributed by atoms with Crippen LogP contribution in [0.25, 0.3) is 27.1 Å². The molecule has 3 fully saturated rings. The van der Waals surface area contributed by atoms with Crippen molar-refractivity contribution in [2.24, 2.45) is 5.92 Å². The fourth-order valence-corrected chi connectivity index (χ4v) is 8.91. The number of nitrogens with zero attached hydrogens (tertiary/aromatic N) is 4. The van der Waals surface area contributed by atoms with Gasteiger partial charge in [-0.1, -0.05) is 13.8 Å². The highest BCUT2D eigenvalue weighted by Gasteiger charge is 2.49. The lowest BCUT2D eigenvalue weighted by Gasteiger charge is -2.33. The first-order valence-corrected chi connectivity index (χ1v) is 14.7. The fraction of sp³-hybridized carbons (Fsp3) is 0.552. The molecule has 2 saturated heterocycles. The van der Waals surface area contributed by atoms with Crippen LogP contribution in [0.3, 0.4) is 0 Å². The van der Waals surface area contributed by atoms with Crippen LogP contribution >= 0.6 is 11.3 Å². The first-order valence-electron chi connectivity index (χ1n) is 13.9. The Morgan fingerprint density at radius 3 is 2.66 bits per heavy atom. The van der Waals surface area contributed by atoms with E-state index in [2.05, 4.69) is 66.1 Å². The second kappa shape index (κ2) is 8.61. The molecule has 0 aromatic carbocycles. The third kappa shape index (κ3) is 3.43. The Morgan fingerprint density at radius 1 is 1.16 bits per heavy atom. The number of alkyl halides is 1. The number of H-pyrrole nitrogens is 1. The van der Waals surface area contributed by atoms with Crippen molar-refractivity contribution in [1.29, 1.82) is 0 Å². The Bertz CT molecular complexity index is 1580. The number of aromatic nitrogens is 4. The summed E-state index contributed by atoms with van der Waals surface area (Å²) < 4.78 is 15.6. The van der Waals surface area contributed by atoms with Crippen LogP contribution in [0.15, 0.2) is 12.5 Å². The normalized spacial score (nSPS) is 27.1. The van der Waals surface area contributed by atoms with E-state index in [9.17, 15) is 9.18 Å². The Labute approximate surface area is 225 Å². The molecule has 1 amide bonds. The Hall–Kier alpha value is -2.78. The first kappa shape index (κ1) is 24.3. The average molecular weight is 535 g/mol. The lowest BCUT2D eigenvalue weighted by atomic mass is 9.88. The molecule has 1 saturated carbocycles. The maximum Gasteiger partial charge on any atom is 0.240 e. The van der Waals surface area contributed by atoms with Crippen LogP contribution in [0, 0.1) is 26.7 Å². The predicted octanol–water partition coefficient (Wildman–Crippen LogP) is 5.39. The number of aryl methyl sites for hydroxylation is 2. The van der Waals surface area contributed by atoms with Gasteiger partial charge in [-0.3, -0.25) is 4.79 Å². The molecule has 5 atom stereocenters. The molecule has 0 radical (unpaired) electrons. The van der Waals surface area contributed by atoms with Gasteiger partial charge in [0.2, 0.25) is 5.91 Å². The van der Waals surface area contributed by atoms with Crippen LogP contribution in [0.2, 0.25) is 0 Å². The van der Waals surface area contributed by atoms with Gasteiger partial charge >= 0.3 is 0 Å². The molecule has 7 rings (SSSR count). The smallest absolute Gasteiger partial charge is 0.240 e. The van der Waals surface area contributed by atoms with Crippen LogP contribution in [-0.2, 0) is 4.79 Å². The van der Waals surface area contributed by atoms with Gasteiger partial charge in [0.15, 0.2) is 5.65 Å². The van der Waals surface area contributed by atoms with Gasteiger partial charge < -0.3 is 15.2 Å². The van der Waals surface area contributed by atoms with Gasteiger partial charge in [0, 0.05) is 53.5 Å². The zero-order valence-corrected chi connectivity index (χ0v) is 23.5. The van der Waals surface area contributed by atoms with E-state index in [1.807, 2.05) is 15.9 Å². The summed E-state index contributed by atoms with van der Waals surface area (Å²) in [5.74, 6) is 1.43. The molecule has 3 aliphatic rings. The number of carbonyl (C=O) groups excluding carboxylic acids is 1. The molecule has 4 aromatic heterocycles. The topological polar surface area (TPSA) is 78.3 Å². The van der Waals surface area contributed by atoms with Crippen molar-refractivity contribution in [2.45, 2.75) is 84.0 Å². The molecule has 7 nitrogen and oxygen atoms in total. The maximum atomic E-state index is 13.7. The molecule has 4 aromatic rings. The van der Waals surface area contributed by atoms with Gasteiger partial charge in [-0.25, -0.2) is 13.9 Å². The lowest BCUT2D eigenvalue weighted by Crippen LogP contribution is -2.47. The van der Waals surface area contributed by atoms with Crippen LogP contribution < -0.4 is 5.32 Å². The van der Waals surface area contributed by atoms with Crippen LogP contribution in [-0.4, -0.2) is 61.7 Å². The molecular weight excluding hydrogens is 499 g/mol. The number of hydrogen-bond donors (Lipinski definition) is 2. The number of piperidine rings is 1. The number of nitrogens with one attached hydrogen (secondary N) is 2. The zero-order chi connectivity index (χ0) is 26.5. The maximum absolute atomic E-state index is 13.7. The molecule has 200 valence electrons. The van der Waals surface area contributed by atoms with Gasteiger partial charge in [-0.2, -0.15) is 5.10 Å². The largest absolute Gasteiger partial charge is 0.346 e. The summed E-state index contributed by atoms with van der Waals surface area (Å²) in [5.41, 5.74) is 8.41. The van der Waals surface area contributed by atoms with E-state index in [0.717, 1.165) is 30.6 Å². The van der Waals surface area contributed by atoms with Crippen LogP contribution in [0.4, 0.5) is 4.39 Å². The number of hydrogen-bond acceptors (Lipinski definition) is 5. The number of pyridine rings is 1. The SMILES string of the molecule is Cc1c(-c2[nH]c3sc([C@@H]4C[C@@H]5C[C@H]4CN5C(=O)[C@H]4C[C@@H](F)CN4)c(C)c3c2C(C)C)cn2ncnc2c1C. The predicted molar refractivity (Wildman–Crippen MR) is 149 cm³/mol. The number of amides is 1. The highest BCUT2D eigenvalue weighted by Crippen LogP contribution is 2.53. The molecule has 38 heavy (non-hydrogen) atoms. The Kier molecular flexibility index (Phi) is 5.50. The quantitative estimate of drug-likeness (QED) is 0.368. The van der Waals surface area contributed by atoms with Crippen molar-refractivity contribution in [2.75, 3.05) is 13.1 Å². The van der Waals surface area contributed by atoms with Crippen LogP contribution in [0.1, 0.15) is 72.1 Å². The number of likely N-dealkylation sites (tertiary alicyclic amines) is 1. The zero-order valence-electron chi connectivity index (χ0n) is 22.6. The monoisotopic (exact) mass is 534 g/mol. The second-order valence-corrected chi connectivity index (χ2v) is 13.0. The Morgan fingerprint density at radius 2 is 1.97 bits per heavy atom. The van der Waals surface area contributed by atoms with Gasteiger partial charge in [-0.15, -0.1) is 11.3 Å². The molecule has 9 heteroatoms. The van der Waals surface area contributed by atoms with Crippen molar-refractivity contribution in [3.05, 3.63) is 39.7 Å². The number of fused-ring (bicyclic) bond motifs is 4. The summed E-state index contributed by atoms with van der Waals surface area (Å²) in [7, 11) is 0. The van der Waals surface area contributed by atoms with E-state index in [1.54, 1.807) is 6.33 Å². The standard InChI is InChI=1S/C29H35FN6OS/c1-13(2)23-24-16(5)26(20-8-19-6-17(20)10-35(19)29(37)22-7-18(30)9-31-22)38-28(24)34-25(23)21-11-36-27(32-12-33-36)15(4)14(21)3/h11-13,17-20,22,31,34H,6-10H2,1-5H3/t17-,18+,19-,20+,22+/m0/s1. The summed E-state index contributed by atoms with van der Waals surface area (Å²) in [5, 5.41) is 8.87. The summed E-state index contributed by atoms with van der Waals surface area (Å²) in [6, 6.07) is -0.0711. The fourth-order valence-electron chi connectivity index (χ4n) is 7.47. The van der Waals surface area contributed by atoms with Crippen molar-refractivity contribution < 1.29 is 9.18 Å². The molecule has 6 heterocycles. The third-order valence-corrected chi connectivity index (χ3v) is 10.8. The van der Waals surface area contributed by atoms with E-state index < -0.39 is 6.17 Å². The Balaban J connectivity index is 1.23. The summed E-state index contributed by atoms with van der Waals surface area (Å²) in [4.78, 5) is 26.1. The van der Waals surface area contributed by atoms with Crippen molar-refractivity contribution in [3.8, 4) is 11.3 Å². The number of aromatic amines is 1. The molecule has 0 unspecified atom stereocenters. The van der Waals surface area contributed by atoms with Crippen molar-refractivity contribution in [3.63, 3.8) is 0 Å². The number of rotatable bonds is 4. The summed E-state index contributed by atoms with van der Waals surface area (Å²) in [6.45, 7) is 12.2. The minimum Gasteiger partial charge on any atom is -0.346 e. The number of thiophene rings is 1. The van der Waals surface area contributed by atoms with E-state index >= 15 is 0 Å². The second-order valence-electron chi connectivity index (χ2n) is 12.0. The molecule has 2 aliphatic heterocycles. The van der Waals surface area contributed by atoms with Gasteiger partial charge in [0.1, 0.15) is 17.3 Å². The molecule has 0 spiro atoms. The number of carbonyl (C=O) groups is 1.